The van der Waals surface area contributed by atoms with Crippen LogP contribution in [0.1, 0.15) is 57.1 Å². The second kappa shape index (κ2) is 4.99. The van der Waals surface area contributed by atoms with Gasteiger partial charge in [0, 0.05) is 17.0 Å². The lowest BCUT2D eigenvalue weighted by Crippen LogP contribution is -2.49. The van der Waals surface area contributed by atoms with E-state index in [9.17, 15) is 5.11 Å². The van der Waals surface area contributed by atoms with Crippen LogP contribution >= 0.6 is 11.6 Å². The van der Waals surface area contributed by atoms with Gasteiger partial charge in [-0.3, -0.25) is 0 Å². The Bertz CT molecular complexity index is 474. The predicted octanol–water partition coefficient (Wildman–Crippen LogP) is 4.49. The molecule has 104 valence electrons. The van der Waals surface area contributed by atoms with Crippen molar-refractivity contribution in [1.29, 1.82) is 0 Å². The van der Waals surface area contributed by atoms with Gasteiger partial charge in [0.1, 0.15) is 11.4 Å². The molecule has 1 aliphatic carbocycles. The number of hydrogen-bond donors (Lipinski definition) is 1. The van der Waals surface area contributed by atoms with E-state index in [1.807, 2.05) is 18.2 Å². The summed E-state index contributed by atoms with van der Waals surface area (Å²) in [7, 11) is 0. The normalized spacial score (nSPS) is 33.8. The van der Waals surface area contributed by atoms with E-state index in [0.29, 0.717) is 17.4 Å². The molecule has 3 heteroatoms. The van der Waals surface area contributed by atoms with Crippen LogP contribution in [-0.2, 0) is 0 Å². The largest absolute Gasteiger partial charge is 0.486 e. The monoisotopic (exact) mass is 280 g/mol. The van der Waals surface area contributed by atoms with Crippen LogP contribution < -0.4 is 4.74 Å². The third kappa shape index (κ3) is 2.25. The van der Waals surface area contributed by atoms with Gasteiger partial charge in [-0.2, -0.15) is 0 Å². The van der Waals surface area contributed by atoms with Crippen LogP contribution in [0.5, 0.6) is 5.75 Å². The number of rotatable bonds is 1. The molecule has 2 aliphatic rings. The first kappa shape index (κ1) is 13.3. The van der Waals surface area contributed by atoms with E-state index in [1.54, 1.807) is 0 Å². The molecule has 1 aromatic carbocycles. The quantitative estimate of drug-likeness (QED) is 0.821. The molecule has 3 rings (SSSR count). The number of halogens is 1. The molecule has 0 aromatic heterocycles. The van der Waals surface area contributed by atoms with Crippen LogP contribution in [0.2, 0.25) is 5.02 Å². The van der Waals surface area contributed by atoms with Crippen molar-refractivity contribution in [3.05, 3.63) is 28.8 Å². The Morgan fingerprint density at radius 3 is 3.05 bits per heavy atom. The molecule has 0 radical (unpaired) electrons. The Labute approximate surface area is 119 Å². The average molecular weight is 281 g/mol. The molecule has 1 heterocycles. The van der Waals surface area contributed by atoms with Crippen molar-refractivity contribution in [2.45, 2.75) is 57.2 Å². The SMILES string of the molecule is CCC1CCCCC12C[C@H](O)c1cc(Cl)ccc1O2. The Hall–Kier alpha value is -0.730. The van der Waals surface area contributed by atoms with Gasteiger partial charge in [0.05, 0.1) is 6.10 Å². The van der Waals surface area contributed by atoms with Crippen molar-refractivity contribution < 1.29 is 9.84 Å². The van der Waals surface area contributed by atoms with Crippen LogP contribution in [0.3, 0.4) is 0 Å². The molecule has 0 bridgehead atoms. The lowest BCUT2D eigenvalue weighted by Gasteiger charge is -2.48. The molecule has 1 aliphatic heterocycles. The highest BCUT2D eigenvalue weighted by Crippen LogP contribution is 2.49. The van der Waals surface area contributed by atoms with Gasteiger partial charge in [0.2, 0.25) is 0 Å². The van der Waals surface area contributed by atoms with Gasteiger partial charge in [-0.15, -0.1) is 0 Å². The fraction of sp³-hybridized carbons (Fsp3) is 0.625. The van der Waals surface area contributed by atoms with E-state index < -0.39 is 6.10 Å². The molecular weight excluding hydrogens is 260 g/mol. The number of ether oxygens (including phenoxy) is 1. The topological polar surface area (TPSA) is 29.5 Å². The van der Waals surface area contributed by atoms with Gasteiger partial charge in [0.25, 0.3) is 0 Å². The first-order valence-corrected chi connectivity index (χ1v) is 7.69. The summed E-state index contributed by atoms with van der Waals surface area (Å²) in [5, 5.41) is 11.1. The summed E-state index contributed by atoms with van der Waals surface area (Å²) in [5.74, 6) is 1.38. The van der Waals surface area contributed by atoms with Crippen molar-refractivity contribution >= 4 is 11.6 Å². The second-order valence-corrected chi connectivity index (χ2v) is 6.36. The highest BCUT2D eigenvalue weighted by molar-refractivity contribution is 6.30. The summed E-state index contributed by atoms with van der Waals surface area (Å²) in [4.78, 5) is 0. The van der Waals surface area contributed by atoms with Crippen LogP contribution in [0.15, 0.2) is 18.2 Å². The zero-order chi connectivity index (χ0) is 13.5. The van der Waals surface area contributed by atoms with Crippen molar-refractivity contribution in [2.24, 2.45) is 5.92 Å². The summed E-state index contributed by atoms with van der Waals surface area (Å²) >= 11 is 6.01. The molecule has 1 aromatic rings. The lowest BCUT2D eigenvalue weighted by molar-refractivity contribution is -0.0782. The van der Waals surface area contributed by atoms with E-state index >= 15 is 0 Å². The van der Waals surface area contributed by atoms with Gasteiger partial charge in [-0.25, -0.2) is 0 Å². The van der Waals surface area contributed by atoms with Crippen molar-refractivity contribution in [2.75, 3.05) is 0 Å². The molecule has 1 N–H and O–H groups in total. The van der Waals surface area contributed by atoms with Crippen molar-refractivity contribution in [1.82, 2.24) is 0 Å². The zero-order valence-electron chi connectivity index (χ0n) is 11.4. The molecule has 1 fully saturated rings. The molecule has 0 amide bonds. The zero-order valence-corrected chi connectivity index (χ0v) is 12.1. The highest BCUT2D eigenvalue weighted by Gasteiger charge is 2.46. The van der Waals surface area contributed by atoms with E-state index in [2.05, 4.69) is 6.92 Å². The number of benzene rings is 1. The number of fused-ring (bicyclic) bond motifs is 1. The fourth-order valence-electron chi connectivity index (χ4n) is 3.83. The average Bonchev–Trinajstić information content (AvgIpc) is 2.40. The minimum absolute atomic E-state index is 0.159. The molecule has 3 atom stereocenters. The molecule has 1 spiro atoms. The van der Waals surface area contributed by atoms with Crippen LogP contribution in [-0.4, -0.2) is 10.7 Å². The van der Waals surface area contributed by atoms with Gasteiger partial charge in [0.15, 0.2) is 0 Å². The summed E-state index contributed by atoms with van der Waals surface area (Å²) in [6.07, 6.45) is 6.14. The van der Waals surface area contributed by atoms with Crippen LogP contribution in [0.25, 0.3) is 0 Å². The number of aliphatic hydroxyl groups is 1. The van der Waals surface area contributed by atoms with Crippen LogP contribution in [0, 0.1) is 5.92 Å². The molecule has 1 saturated carbocycles. The van der Waals surface area contributed by atoms with E-state index in [1.165, 1.54) is 19.3 Å². The predicted molar refractivity (Wildman–Crippen MR) is 76.6 cm³/mol. The van der Waals surface area contributed by atoms with Crippen molar-refractivity contribution in [3.8, 4) is 5.75 Å². The summed E-state index contributed by atoms with van der Waals surface area (Å²) in [6.45, 7) is 2.23. The maximum atomic E-state index is 10.5. The lowest BCUT2D eigenvalue weighted by atomic mass is 9.69. The first-order valence-electron chi connectivity index (χ1n) is 7.31. The third-order valence-electron chi connectivity index (χ3n) is 4.82. The van der Waals surface area contributed by atoms with Gasteiger partial charge in [-0.1, -0.05) is 24.9 Å². The Kier molecular flexibility index (Phi) is 3.48. The second-order valence-electron chi connectivity index (χ2n) is 5.92. The maximum absolute atomic E-state index is 10.5. The minimum Gasteiger partial charge on any atom is -0.486 e. The van der Waals surface area contributed by atoms with E-state index in [0.717, 1.165) is 24.2 Å². The molecule has 19 heavy (non-hydrogen) atoms. The molecule has 0 saturated heterocycles. The smallest absolute Gasteiger partial charge is 0.126 e. The highest BCUT2D eigenvalue weighted by atomic mass is 35.5. The van der Waals surface area contributed by atoms with Gasteiger partial charge >= 0.3 is 0 Å². The maximum Gasteiger partial charge on any atom is 0.126 e. The third-order valence-corrected chi connectivity index (χ3v) is 5.06. The van der Waals surface area contributed by atoms with E-state index in [-0.39, 0.29) is 5.60 Å². The van der Waals surface area contributed by atoms with Gasteiger partial charge < -0.3 is 9.84 Å². The van der Waals surface area contributed by atoms with Gasteiger partial charge in [-0.05, 0) is 49.8 Å². The molecule has 2 nitrogen and oxygen atoms in total. The Morgan fingerprint density at radius 1 is 1.42 bits per heavy atom. The standard InChI is InChI=1S/C16H21ClO2/c1-2-11-5-3-4-8-16(11)10-14(18)13-9-12(17)6-7-15(13)19-16/h6-7,9,11,14,18H,2-5,8,10H2,1H3/t11?,14-,16?/m0/s1. The fourth-order valence-corrected chi connectivity index (χ4v) is 4.01. The number of hydrogen-bond acceptors (Lipinski definition) is 2. The summed E-state index contributed by atoms with van der Waals surface area (Å²) in [5.41, 5.74) is 0.686. The van der Waals surface area contributed by atoms with E-state index in [4.69, 9.17) is 16.3 Å². The number of aliphatic hydroxyl groups excluding tert-OH is 1. The Morgan fingerprint density at radius 2 is 2.26 bits per heavy atom. The first-order chi connectivity index (χ1) is 9.14. The minimum atomic E-state index is -0.449. The molecular formula is C16H21ClO2. The summed E-state index contributed by atoms with van der Waals surface area (Å²) in [6, 6.07) is 5.58. The Balaban J connectivity index is 1.97. The summed E-state index contributed by atoms with van der Waals surface area (Å²) < 4.78 is 6.37. The molecule has 2 unspecified atom stereocenters. The van der Waals surface area contributed by atoms with Crippen LogP contribution in [0.4, 0.5) is 0 Å². The van der Waals surface area contributed by atoms with Crippen molar-refractivity contribution in [3.63, 3.8) is 0 Å².